The number of thiophene rings is 1. The van der Waals surface area contributed by atoms with Gasteiger partial charge in [0, 0.05) is 22.0 Å². The lowest BCUT2D eigenvalue weighted by Gasteiger charge is -2.08. The Balaban J connectivity index is 1.76. The molecule has 2 amide bonds. The minimum absolute atomic E-state index is 0.0900. The zero-order valence-electron chi connectivity index (χ0n) is 13.5. The number of aromatic carboxylic acids is 1. The van der Waals surface area contributed by atoms with Crippen LogP contribution in [0.5, 0.6) is 0 Å². The number of carbonyl (C=O) groups excluding carboxylic acids is 1. The number of carboxylic acid groups (broad SMARTS) is 1. The van der Waals surface area contributed by atoms with Crippen molar-refractivity contribution >= 4 is 44.3 Å². The molecule has 0 atom stereocenters. The maximum atomic E-state index is 12.1. The number of hydrogen-bond acceptors (Lipinski definition) is 3. The summed E-state index contributed by atoms with van der Waals surface area (Å²) in [6, 6.07) is 16.4. The van der Waals surface area contributed by atoms with E-state index < -0.39 is 12.0 Å². The smallest absolute Gasteiger partial charge is 0.339 e. The van der Waals surface area contributed by atoms with Crippen LogP contribution in [0.15, 0.2) is 64.5 Å². The predicted molar refractivity (Wildman–Crippen MR) is 107 cm³/mol. The Morgan fingerprint density at radius 1 is 1.04 bits per heavy atom. The van der Waals surface area contributed by atoms with Gasteiger partial charge in [-0.1, -0.05) is 58.4 Å². The highest BCUT2D eigenvalue weighted by Crippen LogP contribution is 2.36. The van der Waals surface area contributed by atoms with Crippen molar-refractivity contribution < 1.29 is 14.7 Å². The highest BCUT2D eigenvalue weighted by atomic mass is 79.9. The normalized spacial score (nSPS) is 10.3. The third-order valence-electron chi connectivity index (χ3n) is 3.68. The number of hydrogen-bond donors (Lipinski definition) is 3. The van der Waals surface area contributed by atoms with Crippen LogP contribution in [0.1, 0.15) is 15.9 Å². The first kappa shape index (κ1) is 18.2. The first-order valence-electron chi connectivity index (χ1n) is 7.74. The summed E-state index contributed by atoms with van der Waals surface area (Å²) < 4.78 is 0.909. The Hall–Kier alpha value is -2.64. The first-order valence-corrected chi connectivity index (χ1v) is 9.41. The topological polar surface area (TPSA) is 78.4 Å². The summed E-state index contributed by atoms with van der Waals surface area (Å²) in [4.78, 5) is 23.9. The summed E-state index contributed by atoms with van der Waals surface area (Å²) in [6.45, 7) is 0.361. The fraction of sp³-hybridized carbons (Fsp3) is 0.0526. The Kier molecular flexibility index (Phi) is 5.70. The van der Waals surface area contributed by atoms with E-state index in [2.05, 4.69) is 26.6 Å². The van der Waals surface area contributed by atoms with Crippen LogP contribution in [-0.4, -0.2) is 17.1 Å². The number of amides is 2. The van der Waals surface area contributed by atoms with Crippen LogP contribution in [-0.2, 0) is 6.54 Å². The molecule has 26 heavy (non-hydrogen) atoms. The number of nitrogens with one attached hydrogen (secondary N) is 2. The molecule has 0 fully saturated rings. The molecular weight excluding hydrogens is 416 g/mol. The monoisotopic (exact) mass is 430 g/mol. The highest BCUT2D eigenvalue weighted by Gasteiger charge is 2.21. The quantitative estimate of drug-likeness (QED) is 0.520. The third kappa shape index (κ3) is 4.30. The summed E-state index contributed by atoms with van der Waals surface area (Å²) in [5.41, 5.74) is 2.41. The highest BCUT2D eigenvalue weighted by molar-refractivity contribution is 9.10. The molecule has 0 aliphatic carbocycles. The van der Waals surface area contributed by atoms with Gasteiger partial charge in [0.1, 0.15) is 10.6 Å². The van der Waals surface area contributed by atoms with E-state index in [1.54, 1.807) is 5.38 Å². The molecule has 2 aromatic carbocycles. The molecule has 3 N–H and O–H groups in total. The summed E-state index contributed by atoms with van der Waals surface area (Å²) in [6.07, 6.45) is 0. The van der Waals surface area contributed by atoms with E-state index in [1.807, 2.05) is 54.6 Å². The molecule has 3 rings (SSSR count). The van der Waals surface area contributed by atoms with Gasteiger partial charge in [-0.25, -0.2) is 9.59 Å². The summed E-state index contributed by atoms with van der Waals surface area (Å²) in [5.74, 6) is -1.08. The van der Waals surface area contributed by atoms with Gasteiger partial charge >= 0.3 is 12.0 Å². The van der Waals surface area contributed by atoms with E-state index in [4.69, 9.17) is 0 Å². The van der Waals surface area contributed by atoms with Crippen LogP contribution in [0.4, 0.5) is 9.80 Å². The van der Waals surface area contributed by atoms with Crippen molar-refractivity contribution in [3.63, 3.8) is 0 Å². The van der Waals surface area contributed by atoms with E-state index in [1.165, 1.54) is 11.3 Å². The van der Waals surface area contributed by atoms with Gasteiger partial charge in [0.25, 0.3) is 0 Å². The number of benzene rings is 2. The number of halogens is 1. The molecular formula is C19H15BrN2O3S. The van der Waals surface area contributed by atoms with Crippen LogP contribution >= 0.6 is 27.3 Å². The second-order valence-corrected chi connectivity index (χ2v) is 7.25. The van der Waals surface area contributed by atoms with Crippen molar-refractivity contribution in [2.45, 2.75) is 6.54 Å². The SMILES string of the molecule is O=C(NCc1ccccc1)Nc1scc(-c2ccc(Br)cc2)c1C(=O)O. The minimum atomic E-state index is -1.08. The maximum absolute atomic E-state index is 12.1. The van der Waals surface area contributed by atoms with E-state index in [0.717, 1.165) is 15.6 Å². The fourth-order valence-corrected chi connectivity index (χ4v) is 3.65. The third-order valence-corrected chi connectivity index (χ3v) is 5.11. The Morgan fingerprint density at radius 3 is 2.38 bits per heavy atom. The fourth-order valence-electron chi connectivity index (χ4n) is 2.43. The number of carboxylic acids is 1. The molecule has 0 bridgehead atoms. The molecule has 0 saturated carbocycles. The summed E-state index contributed by atoms with van der Waals surface area (Å²) in [7, 11) is 0. The molecule has 0 radical (unpaired) electrons. The van der Waals surface area contributed by atoms with Gasteiger partial charge in [0.15, 0.2) is 0 Å². The summed E-state index contributed by atoms with van der Waals surface area (Å²) in [5, 5.41) is 17.0. The molecule has 7 heteroatoms. The van der Waals surface area contributed by atoms with Crippen LogP contribution in [0.2, 0.25) is 0 Å². The molecule has 3 aromatic rings. The molecule has 0 aliphatic rings. The number of anilines is 1. The average molecular weight is 431 g/mol. The predicted octanol–water partition coefficient (Wildman–Crippen LogP) is 5.20. The van der Waals surface area contributed by atoms with Crippen LogP contribution in [0.25, 0.3) is 11.1 Å². The van der Waals surface area contributed by atoms with Gasteiger partial charge in [0.05, 0.1) is 0 Å². The van der Waals surface area contributed by atoms with E-state index in [-0.39, 0.29) is 5.56 Å². The molecule has 132 valence electrons. The van der Waals surface area contributed by atoms with E-state index in [0.29, 0.717) is 17.1 Å². The van der Waals surface area contributed by atoms with Crippen LogP contribution in [0, 0.1) is 0 Å². The van der Waals surface area contributed by atoms with Crippen LogP contribution < -0.4 is 10.6 Å². The van der Waals surface area contributed by atoms with Gasteiger partial charge in [-0.05, 0) is 23.3 Å². The van der Waals surface area contributed by atoms with Crippen molar-refractivity contribution in [2.75, 3.05) is 5.32 Å². The van der Waals surface area contributed by atoms with Gasteiger partial charge in [0.2, 0.25) is 0 Å². The lowest BCUT2D eigenvalue weighted by atomic mass is 10.0. The minimum Gasteiger partial charge on any atom is -0.478 e. The van der Waals surface area contributed by atoms with Crippen molar-refractivity contribution in [3.8, 4) is 11.1 Å². The van der Waals surface area contributed by atoms with Crippen molar-refractivity contribution in [1.29, 1.82) is 0 Å². The molecule has 0 unspecified atom stereocenters. The zero-order valence-corrected chi connectivity index (χ0v) is 15.9. The van der Waals surface area contributed by atoms with Gasteiger partial charge in [-0.3, -0.25) is 5.32 Å². The van der Waals surface area contributed by atoms with Crippen molar-refractivity contribution in [1.82, 2.24) is 5.32 Å². The summed E-state index contributed by atoms with van der Waals surface area (Å²) >= 11 is 4.55. The molecule has 5 nitrogen and oxygen atoms in total. The Morgan fingerprint density at radius 2 is 1.73 bits per heavy atom. The van der Waals surface area contributed by atoms with E-state index >= 15 is 0 Å². The second kappa shape index (κ2) is 8.16. The number of urea groups is 1. The van der Waals surface area contributed by atoms with Gasteiger partial charge in [-0.15, -0.1) is 11.3 Å². The molecule has 0 aliphatic heterocycles. The molecule has 0 saturated heterocycles. The molecule has 1 aromatic heterocycles. The van der Waals surface area contributed by atoms with Crippen molar-refractivity contribution in [2.24, 2.45) is 0 Å². The van der Waals surface area contributed by atoms with Crippen LogP contribution in [0.3, 0.4) is 0 Å². The number of carbonyl (C=O) groups is 2. The number of rotatable bonds is 5. The average Bonchev–Trinajstić information content (AvgIpc) is 3.05. The Bertz CT molecular complexity index is 924. The Labute approximate surface area is 162 Å². The molecule has 1 heterocycles. The largest absolute Gasteiger partial charge is 0.478 e. The maximum Gasteiger partial charge on any atom is 0.339 e. The van der Waals surface area contributed by atoms with Crippen molar-refractivity contribution in [3.05, 3.63) is 75.6 Å². The molecule has 0 spiro atoms. The van der Waals surface area contributed by atoms with Gasteiger partial charge in [-0.2, -0.15) is 0 Å². The lowest BCUT2D eigenvalue weighted by Crippen LogP contribution is -2.28. The first-order chi connectivity index (χ1) is 12.5. The van der Waals surface area contributed by atoms with E-state index in [9.17, 15) is 14.7 Å². The second-order valence-electron chi connectivity index (χ2n) is 5.46. The zero-order chi connectivity index (χ0) is 18.5. The lowest BCUT2D eigenvalue weighted by molar-refractivity contribution is 0.0699. The van der Waals surface area contributed by atoms with Gasteiger partial charge < -0.3 is 10.4 Å². The standard InChI is InChI=1S/C19H15BrN2O3S/c20-14-8-6-13(7-9-14)15-11-26-17(16(15)18(23)24)22-19(25)21-10-12-4-2-1-3-5-12/h1-9,11H,10H2,(H,23,24)(H2,21,22,25).